The van der Waals surface area contributed by atoms with Gasteiger partial charge < -0.3 is 0 Å². The van der Waals surface area contributed by atoms with Gasteiger partial charge in [0.05, 0.1) is 6.20 Å². The molecule has 0 N–H and O–H groups in total. The Morgan fingerprint density at radius 3 is 2.59 bits per heavy atom. The van der Waals surface area contributed by atoms with Gasteiger partial charge in [0.25, 0.3) is 0 Å². The Bertz CT molecular complexity index is 789. The molecule has 22 heavy (non-hydrogen) atoms. The molecule has 120 valence electrons. The van der Waals surface area contributed by atoms with Crippen LogP contribution < -0.4 is 0 Å². The molecule has 0 unspecified atom stereocenters. The van der Waals surface area contributed by atoms with E-state index in [-0.39, 0.29) is 10.0 Å². The van der Waals surface area contributed by atoms with Gasteiger partial charge in [-0.2, -0.15) is 18.3 Å². The highest BCUT2D eigenvalue weighted by Gasteiger charge is 2.33. The van der Waals surface area contributed by atoms with E-state index in [1.165, 1.54) is 4.68 Å². The number of aryl methyl sites for hydroxylation is 1. The summed E-state index contributed by atoms with van der Waals surface area (Å²) >= 11 is 5.88. The van der Waals surface area contributed by atoms with E-state index < -0.39 is 33.3 Å². The summed E-state index contributed by atoms with van der Waals surface area (Å²) in [5.41, 5.74) is -1.21. The van der Waals surface area contributed by atoms with Crippen molar-refractivity contribution in [2.45, 2.75) is 30.3 Å². The van der Waals surface area contributed by atoms with Crippen LogP contribution in [0.25, 0.3) is 0 Å². The zero-order chi connectivity index (χ0) is 16.5. The monoisotopic (exact) mass is 354 g/mol. The Labute approximate surface area is 128 Å². The summed E-state index contributed by atoms with van der Waals surface area (Å²) in [6.45, 7) is 2.07. The van der Waals surface area contributed by atoms with Crippen LogP contribution in [0.5, 0.6) is 0 Å². The maximum atomic E-state index is 12.6. The van der Waals surface area contributed by atoms with Crippen molar-refractivity contribution in [3.05, 3.63) is 35.1 Å². The Hall–Kier alpha value is -1.68. The summed E-state index contributed by atoms with van der Waals surface area (Å²) < 4.78 is 63.4. The standard InChI is InChI=1S/C11H10ClF3N4O2S/c1-2-19-10(12)7(5-17-19)22(20,21)6-9-16-4-3-8(18-9)11(13,14)15/h3-5H,2,6H2,1H3. The van der Waals surface area contributed by atoms with Crippen LogP contribution in [0.1, 0.15) is 18.4 Å². The highest BCUT2D eigenvalue weighted by molar-refractivity contribution is 7.90. The van der Waals surface area contributed by atoms with E-state index in [2.05, 4.69) is 15.1 Å². The number of alkyl halides is 3. The Kier molecular flexibility index (Phi) is 4.43. The number of nitrogens with zero attached hydrogens (tertiary/aromatic N) is 4. The van der Waals surface area contributed by atoms with Crippen molar-refractivity contribution in [3.63, 3.8) is 0 Å². The van der Waals surface area contributed by atoms with Crippen molar-refractivity contribution in [3.8, 4) is 0 Å². The molecule has 0 fully saturated rings. The molecule has 0 atom stereocenters. The fraction of sp³-hybridized carbons (Fsp3) is 0.364. The van der Waals surface area contributed by atoms with Gasteiger partial charge in [0.1, 0.15) is 27.3 Å². The van der Waals surface area contributed by atoms with Gasteiger partial charge in [-0.1, -0.05) is 11.6 Å². The molecule has 0 saturated carbocycles. The third-order valence-corrected chi connectivity index (χ3v) is 4.81. The van der Waals surface area contributed by atoms with Gasteiger partial charge in [0, 0.05) is 12.7 Å². The number of hydrogen-bond donors (Lipinski definition) is 0. The number of halogens is 4. The molecule has 0 bridgehead atoms. The number of sulfone groups is 1. The van der Waals surface area contributed by atoms with Crippen LogP contribution in [-0.4, -0.2) is 28.2 Å². The molecule has 0 radical (unpaired) electrons. The van der Waals surface area contributed by atoms with Crippen molar-refractivity contribution in [2.24, 2.45) is 0 Å². The highest BCUT2D eigenvalue weighted by Crippen LogP contribution is 2.28. The first kappa shape index (κ1) is 16.7. The molecule has 0 aliphatic rings. The fourth-order valence-electron chi connectivity index (χ4n) is 1.66. The van der Waals surface area contributed by atoms with Crippen LogP contribution >= 0.6 is 11.6 Å². The van der Waals surface area contributed by atoms with E-state index in [0.29, 0.717) is 12.6 Å². The van der Waals surface area contributed by atoms with E-state index >= 15 is 0 Å². The molecule has 2 aromatic heterocycles. The summed E-state index contributed by atoms with van der Waals surface area (Å²) in [4.78, 5) is 6.52. The van der Waals surface area contributed by atoms with E-state index in [4.69, 9.17) is 11.6 Å². The predicted molar refractivity (Wildman–Crippen MR) is 70.8 cm³/mol. The van der Waals surface area contributed by atoms with Gasteiger partial charge in [-0.3, -0.25) is 4.68 Å². The molecule has 0 aliphatic carbocycles. The lowest BCUT2D eigenvalue weighted by Gasteiger charge is -2.07. The van der Waals surface area contributed by atoms with Gasteiger partial charge in [0.15, 0.2) is 9.84 Å². The maximum Gasteiger partial charge on any atom is 0.433 e. The first-order chi connectivity index (χ1) is 10.1. The number of hydrogen-bond acceptors (Lipinski definition) is 5. The van der Waals surface area contributed by atoms with E-state index in [1.54, 1.807) is 6.92 Å². The van der Waals surface area contributed by atoms with Crippen molar-refractivity contribution >= 4 is 21.4 Å². The predicted octanol–water partition coefficient (Wildman–Crippen LogP) is 2.34. The van der Waals surface area contributed by atoms with Crippen LogP contribution in [0.3, 0.4) is 0 Å². The van der Waals surface area contributed by atoms with Gasteiger partial charge >= 0.3 is 6.18 Å². The largest absolute Gasteiger partial charge is 0.433 e. The zero-order valence-corrected chi connectivity index (χ0v) is 12.7. The summed E-state index contributed by atoms with van der Waals surface area (Å²) in [5.74, 6) is -1.26. The first-order valence-electron chi connectivity index (χ1n) is 5.98. The van der Waals surface area contributed by atoms with Crippen molar-refractivity contribution in [1.82, 2.24) is 19.7 Å². The molecule has 2 aromatic rings. The molecule has 0 saturated heterocycles. The molecule has 0 aromatic carbocycles. The molecular formula is C11H10ClF3N4O2S. The molecule has 0 amide bonds. The van der Waals surface area contributed by atoms with Crippen molar-refractivity contribution < 1.29 is 21.6 Å². The average Bonchev–Trinajstić information content (AvgIpc) is 2.79. The zero-order valence-electron chi connectivity index (χ0n) is 11.2. The van der Waals surface area contributed by atoms with Crippen molar-refractivity contribution in [1.29, 1.82) is 0 Å². The van der Waals surface area contributed by atoms with Gasteiger partial charge in [-0.25, -0.2) is 18.4 Å². The van der Waals surface area contributed by atoms with E-state index in [1.807, 2.05) is 0 Å². The smallest absolute Gasteiger partial charge is 0.253 e. The van der Waals surface area contributed by atoms with E-state index in [0.717, 1.165) is 12.4 Å². The molecule has 0 spiro atoms. The lowest BCUT2D eigenvalue weighted by Crippen LogP contribution is -2.13. The van der Waals surface area contributed by atoms with Crippen LogP contribution in [0.15, 0.2) is 23.4 Å². The quantitative estimate of drug-likeness (QED) is 0.842. The lowest BCUT2D eigenvalue weighted by molar-refractivity contribution is -0.141. The second-order valence-corrected chi connectivity index (χ2v) is 6.55. The first-order valence-corrected chi connectivity index (χ1v) is 8.01. The van der Waals surface area contributed by atoms with Crippen molar-refractivity contribution in [2.75, 3.05) is 0 Å². The second-order valence-electron chi connectivity index (χ2n) is 4.23. The average molecular weight is 355 g/mol. The molecule has 6 nitrogen and oxygen atoms in total. The molecule has 11 heteroatoms. The molecule has 0 aliphatic heterocycles. The minimum Gasteiger partial charge on any atom is -0.253 e. The highest BCUT2D eigenvalue weighted by atomic mass is 35.5. The lowest BCUT2D eigenvalue weighted by atomic mass is 10.4. The minimum atomic E-state index is -4.67. The fourth-order valence-corrected chi connectivity index (χ4v) is 3.43. The van der Waals surface area contributed by atoms with Crippen LogP contribution in [0, 0.1) is 0 Å². The normalized spacial score (nSPS) is 12.6. The summed E-state index contributed by atoms with van der Waals surface area (Å²) in [6.07, 6.45) is -2.77. The topological polar surface area (TPSA) is 77.7 Å². The molecule has 2 heterocycles. The third kappa shape index (κ3) is 3.38. The minimum absolute atomic E-state index is 0.102. The Balaban J connectivity index is 2.35. The summed E-state index contributed by atoms with van der Waals surface area (Å²) in [5, 5.41) is 3.68. The Morgan fingerprint density at radius 2 is 2.05 bits per heavy atom. The maximum absolute atomic E-state index is 12.6. The van der Waals surface area contributed by atoms with Crippen LogP contribution in [0.4, 0.5) is 13.2 Å². The molecular weight excluding hydrogens is 345 g/mol. The van der Waals surface area contributed by atoms with Gasteiger partial charge in [-0.05, 0) is 13.0 Å². The van der Waals surface area contributed by atoms with Gasteiger partial charge in [-0.15, -0.1) is 0 Å². The van der Waals surface area contributed by atoms with E-state index in [9.17, 15) is 21.6 Å². The summed E-state index contributed by atoms with van der Waals surface area (Å²) in [7, 11) is -4.00. The summed E-state index contributed by atoms with van der Waals surface area (Å²) in [6, 6.07) is 0.665. The number of aromatic nitrogens is 4. The van der Waals surface area contributed by atoms with Gasteiger partial charge in [0.2, 0.25) is 0 Å². The second kappa shape index (κ2) is 5.84. The third-order valence-electron chi connectivity index (χ3n) is 2.69. The number of rotatable bonds is 4. The molecule has 2 rings (SSSR count). The van der Waals surface area contributed by atoms with Crippen LogP contribution in [-0.2, 0) is 28.3 Å². The Morgan fingerprint density at radius 1 is 1.36 bits per heavy atom. The van der Waals surface area contributed by atoms with Crippen LogP contribution in [0.2, 0.25) is 5.15 Å². The SMILES string of the molecule is CCn1ncc(S(=O)(=O)Cc2nccc(C(F)(F)F)n2)c1Cl.